The highest BCUT2D eigenvalue weighted by atomic mass is 35.5. The number of rotatable bonds is 1. The van der Waals surface area contributed by atoms with E-state index >= 15 is 0 Å². The van der Waals surface area contributed by atoms with E-state index < -0.39 is 0 Å². The minimum absolute atomic E-state index is 0.109. The average molecular weight is 214 g/mol. The fraction of sp³-hybridized carbons (Fsp3) is 0.364. The number of hydrogen-bond acceptors (Lipinski definition) is 1. The molecule has 0 aromatic heterocycles. The summed E-state index contributed by atoms with van der Waals surface area (Å²) in [5.74, 6) is -0.109. The molecule has 0 saturated heterocycles. The molecule has 0 aliphatic carbocycles. The molecule has 0 atom stereocenters. The van der Waals surface area contributed by atoms with Crippen LogP contribution >= 0.6 is 11.6 Å². The number of anilines is 1. The van der Waals surface area contributed by atoms with Crippen LogP contribution in [-0.2, 0) is 4.79 Å². The van der Waals surface area contributed by atoms with Crippen LogP contribution in [0.1, 0.15) is 26.3 Å². The van der Waals surface area contributed by atoms with Crippen LogP contribution in [0.3, 0.4) is 0 Å². The lowest BCUT2D eigenvalue weighted by Gasteiger charge is -2.04. The molecule has 0 heterocycles. The van der Waals surface area contributed by atoms with Gasteiger partial charge < -0.3 is 5.32 Å². The van der Waals surface area contributed by atoms with Gasteiger partial charge in [0.15, 0.2) is 0 Å². The number of benzene rings is 1. The molecule has 14 heavy (non-hydrogen) atoms. The Morgan fingerprint density at radius 3 is 2.43 bits per heavy atom. The molecule has 2 nitrogen and oxygen atoms in total. The summed E-state index contributed by atoms with van der Waals surface area (Å²) in [5, 5.41) is 3.21. The molecule has 0 radical (unpaired) electrons. The van der Waals surface area contributed by atoms with Crippen LogP contribution in [0.4, 0.5) is 5.69 Å². The maximum absolute atomic E-state index is 10.7. The average Bonchev–Trinajstić information content (AvgIpc) is 2.14. The van der Waals surface area contributed by atoms with Crippen LogP contribution in [0.25, 0.3) is 0 Å². The van der Waals surface area contributed by atoms with Gasteiger partial charge in [0.25, 0.3) is 0 Å². The van der Waals surface area contributed by atoms with Gasteiger partial charge in [-0.3, -0.25) is 4.79 Å². The third-order valence-corrected chi connectivity index (χ3v) is 1.76. The number of aryl methyl sites for hydroxylation is 1. The van der Waals surface area contributed by atoms with Crippen LogP contribution in [0.2, 0.25) is 5.02 Å². The summed E-state index contributed by atoms with van der Waals surface area (Å²) >= 11 is 5.83. The highest BCUT2D eigenvalue weighted by Gasteiger charge is 2.00. The number of hydrogen-bond donors (Lipinski definition) is 1. The van der Waals surface area contributed by atoms with Crippen molar-refractivity contribution in [3.8, 4) is 0 Å². The summed E-state index contributed by atoms with van der Waals surface area (Å²) in [6, 6.07) is 5.50. The predicted molar refractivity (Wildman–Crippen MR) is 61.8 cm³/mol. The molecule has 0 aliphatic heterocycles. The Balaban J connectivity index is 0.000000791. The normalized spacial score (nSPS) is 8.64. The Bertz CT molecular complexity index is 310. The van der Waals surface area contributed by atoms with E-state index in [0.717, 1.165) is 5.56 Å². The van der Waals surface area contributed by atoms with Crippen molar-refractivity contribution >= 4 is 23.2 Å². The largest absolute Gasteiger partial charge is 0.325 e. The van der Waals surface area contributed by atoms with Gasteiger partial charge in [0.1, 0.15) is 0 Å². The third-order valence-electron chi connectivity index (χ3n) is 1.43. The molecular weight excluding hydrogens is 198 g/mol. The van der Waals surface area contributed by atoms with Gasteiger partial charge in [-0.1, -0.05) is 31.5 Å². The van der Waals surface area contributed by atoms with Crippen LogP contribution in [0, 0.1) is 6.92 Å². The molecule has 1 amide bonds. The van der Waals surface area contributed by atoms with Gasteiger partial charge in [0, 0.05) is 6.92 Å². The molecule has 0 aliphatic rings. The second-order valence-corrected chi connectivity index (χ2v) is 3.07. The second-order valence-electron chi connectivity index (χ2n) is 2.66. The molecular formula is C11H16ClNO. The van der Waals surface area contributed by atoms with E-state index in [0.29, 0.717) is 10.7 Å². The zero-order chi connectivity index (χ0) is 11.1. The van der Waals surface area contributed by atoms with E-state index in [1.807, 2.05) is 32.9 Å². The van der Waals surface area contributed by atoms with Crippen molar-refractivity contribution in [2.75, 3.05) is 5.32 Å². The van der Waals surface area contributed by atoms with Gasteiger partial charge in [0.05, 0.1) is 10.7 Å². The van der Waals surface area contributed by atoms with Crippen molar-refractivity contribution in [3.05, 3.63) is 28.8 Å². The van der Waals surface area contributed by atoms with E-state index in [1.165, 1.54) is 6.92 Å². The first-order chi connectivity index (χ1) is 6.59. The standard InChI is InChI=1S/C9H10ClNO.C2H6/c1-6-3-4-8(10)9(5-6)11-7(2)12;1-2/h3-5H,1-2H3,(H,11,12);1-2H3. The van der Waals surface area contributed by atoms with E-state index in [9.17, 15) is 4.79 Å². The summed E-state index contributed by atoms with van der Waals surface area (Å²) in [5.41, 5.74) is 1.74. The maximum atomic E-state index is 10.7. The summed E-state index contributed by atoms with van der Waals surface area (Å²) in [6.07, 6.45) is 0. The minimum atomic E-state index is -0.109. The van der Waals surface area contributed by atoms with E-state index in [-0.39, 0.29) is 5.91 Å². The maximum Gasteiger partial charge on any atom is 0.221 e. The van der Waals surface area contributed by atoms with Gasteiger partial charge in [-0.15, -0.1) is 0 Å². The van der Waals surface area contributed by atoms with E-state index in [1.54, 1.807) is 6.07 Å². The first-order valence-electron chi connectivity index (χ1n) is 4.63. The molecule has 78 valence electrons. The van der Waals surface area contributed by atoms with Gasteiger partial charge in [0.2, 0.25) is 5.91 Å². The number of amides is 1. The smallest absolute Gasteiger partial charge is 0.221 e. The Labute approximate surface area is 90.3 Å². The molecule has 1 aromatic carbocycles. The predicted octanol–water partition coefficient (Wildman–Crippen LogP) is 3.63. The highest BCUT2D eigenvalue weighted by molar-refractivity contribution is 6.33. The Hall–Kier alpha value is -1.02. The minimum Gasteiger partial charge on any atom is -0.325 e. The lowest BCUT2D eigenvalue weighted by atomic mass is 10.2. The number of carbonyl (C=O) groups is 1. The third kappa shape index (κ3) is 4.28. The molecule has 0 saturated carbocycles. The van der Waals surface area contributed by atoms with E-state index in [2.05, 4.69) is 5.32 Å². The summed E-state index contributed by atoms with van der Waals surface area (Å²) in [7, 11) is 0. The Morgan fingerprint density at radius 2 is 1.93 bits per heavy atom. The second kappa shape index (κ2) is 6.44. The molecule has 3 heteroatoms. The first-order valence-corrected chi connectivity index (χ1v) is 5.01. The monoisotopic (exact) mass is 213 g/mol. The number of nitrogens with one attached hydrogen (secondary N) is 1. The van der Waals surface area contributed by atoms with Crippen LogP contribution in [-0.4, -0.2) is 5.91 Å². The zero-order valence-corrected chi connectivity index (χ0v) is 9.77. The van der Waals surface area contributed by atoms with Gasteiger partial charge in [-0.25, -0.2) is 0 Å². The SMILES string of the molecule is CC.CC(=O)Nc1cc(C)ccc1Cl. The van der Waals surface area contributed by atoms with Crippen molar-refractivity contribution in [2.45, 2.75) is 27.7 Å². The topological polar surface area (TPSA) is 29.1 Å². The molecule has 0 spiro atoms. The van der Waals surface area contributed by atoms with Crippen molar-refractivity contribution in [2.24, 2.45) is 0 Å². The fourth-order valence-corrected chi connectivity index (χ4v) is 1.09. The van der Waals surface area contributed by atoms with E-state index in [4.69, 9.17) is 11.6 Å². The van der Waals surface area contributed by atoms with Crippen molar-refractivity contribution in [1.82, 2.24) is 0 Å². The van der Waals surface area contributed by atoms with Gasteiger partial charge in [-0.05, 0) is 24.6 Å². The highest BCUT2D eigenvalue weighted by Crippen LogP contribution is 2.22. The van der Waals surface area contributed by atoms with Crippen molar-refractivity contribution in [3.63, 3.8) is 0 Å². The fourth-order valence-electron chi connectivity index (χ4n) is 0.925. The quantitative estimate of drug-likeness (QED) is 0.759. The molecule has 1 aromatic rings. The lowest BCUT2D eigenvalue weighted by Crippen LogP contribution is -2.06. The summed E-state index contributed by atoms with van der Waals surface area (Å²) in [4.78, 5) is 10.7. The molecule has 1 rings (SSSR count). The summed E-state index contributed by atoms with van der Waals surface area (Å²) < 4.78 is 0. The van der Waals surface area contributed by atoms with Crippen molar-refractivity contribution in [1.29, 1.82) is 0 Å². The summed E-state index contributed by atoms with van der Waals surface area (Å²) in [6.45, 7) is 7.40. The Kier molecular flexibility index (Phi) is 5.97. The van der Waals surface area contributed by atoms with Crippen LogP contribution < -0.4 is 5.32 Å². The van der Waals surface area contributed by atoms with Gasteiger partial charge >= 0.3 is 0 Å². The van der Waals surface area contributed by atoms with Crippen LogP contribution in [0.15, 0.2) is 18.2 Å². The molecule has 0 fully saturated rings. The first kappa shape index (κ1) is 13.0. The van der Waals surface area contributed by atoms with Crippen molar-refractivity contribution < 1.29 is 4.79 Å². The number of halogens is 1. The Morgan fingerprint density at radius 1 is 1.36 bits per heavy atom. The van der Waals surface area contributed by atoms with Crippen LogP contribution in [0.5, 0.6) is 0 Å². The number of carbonyl (C=O) groups excluding carboxylic acids is 1. The molecule has 0 unspecified atom stereocenters. The molecule has 1 N–H and O–H groups in total. The zero-order valence-electron chi connectivity index (χ0n) is 9.02. The lowest BCUT2D eigenvalue weighted by molar-refractivity contribution is -0.114. The van der Waals surface area contributed by atoms with Gasteiger partial charge in [-0.2, -0.15) is 0 Å². The molecule has 0 bridgehead atoms.